The molecule has 55 heavy (non-hydrogen) atoms. The van der Waals surface area contributed by atoms with Crippen molar-refractivity contribution in [2.45, 2.75) is 155 Å². The first-order valence-corrected chi connectivity index (χ1v) is 18.1. The Kier molecular flexibility index (Phi) is 24.0. The molecule has 19 nitrogen and oxygen atoms in total. The summed E-state index contributed by atoms with van der Waals surface area (Å²) in [6.07, 6.45) is -9.95. The molecule has 4 atom stereocenters. The van der Waals surface area contributed by atoms with E-state index in [4.69, 9.17) is 42.6 Å². The SMILES string of the molecule is CC(C)OCC(O)COC(=O)C(O)(CC(=O)OCC(O)COC(=O)C(O)(CC(=O)OC(C)C)CC(=O)OC(C)C)CC(=O)OCC(COC(C)C)OC(C)C. The average Bonchev–Trinajstić information content (AvgIpc) is 3.03. The Morgan fingerprint density at radius 2 is 0.782 bits per heavy atom. The zero-order chi connectivity index (χ0) is 42.5. The molecule has 4 N–H and O–H groups in total. The third-order valence-electron chi connectivity index (χ3n) is 6.62. The highest BCUT2D eigenvalue weighted by Gasteiger charge is 2.45. The quantitative estimate of drug-likeness (QED) is 0.0618. The van der Waals surface area contributed by atoms with Gasteiger partial charge in [-0.2, -0.15) is 0 Å². The van der Waals surface area contributed by atoms with E-state index in [9.17, 15) is 49.2 Å². The van der Waals surface area contributed by atoms with Crippen LogP contribution < -0.4 is 0 Å². The Bertz CT molecular complexity index is 1180. The van der Waals surface area contributed by atoms with Crippen molar-refractivity contribution in [1.82, 2.24) is 0 Å². The third kappa shape index (κ3) is 23.9. The molecule has 0 aromatic rings. The normalized spacial score (nSPS) is 14.7. The lowest BCUT2D eigenvalue weighted by molar-refractivity contribution is -0.184. The van der Waals surface area contributed by atoms with Crippen molar-refractivity contribution in [3.63, 3.8) is 0 Å². The summed E-state index contributed by atoms with van der Waals surface area (Å²) in [4.78, 5) is 76.0. The lowest BCUT2D eigenvalue weighted by Gasteiger charge is -2.26. The molecule has 320 valence electrons. The molecular weight excluding hydrogens is 736 g/mol. The number of hydrogen-bond donors (Lipinski definition) is 4. The van der Waals surface area contributed by atoms with Crippen molar-refractivity contribution in [1.29, 1.82) is 0 Å². The van der Waals surface area contributed by atoms with Crippen LogP contribution in [0.15, 0.2) is 0 Å². The molecule has 4 unspecified atom stereocenters. The Morgan fingerprint density at radius 1 is 0.436 bits per heavy atom. The number of esters is 6. The summed E-state index contributed by atoms with van der Waals surface area (Å²) in [7, 11) is 0. The minimum atomic E-state index is -2.88. The zero-order valence-corrected chi connectivity index (χ0v) is 33.6. The van der Waals surface area contributed by atoms with Gasteiger partial charge in [0.2, 0.25) is 0 Å². The maximum atomic E-state index is 13.0. The summed E-state index contributed by atoms with van der Waals surface area (Å²) in [5.41, 5.74) is -5.62. The van der Waals surface area contributed by atoms with Crippen molar-refractivity contribution in [2.75, 3.05) is 39.6 Å². The van der Waals surface area contributed by atoms with Crippen LogP contribution in [-0.2, 0) is 71.4 Å². The van der Waals surface area contributed by atoms with E-state index in [1.807, 2.05) is 0 Å². The van der Waals surface area contributed by atoms with Gasteiger partial charge in [0.15, 0.2) is 11.2 Å². The first-order valence-electron chi connectivity index (χ1n) is 18.1. The third-order valence-corrected chi connectivity index (χ3v) is 6.62. The van der Waals surface area contributed by atoms with Gasteiger partial charge >= 0.3 is 35.8 Å². The molecule has 0 aromatic heterocycles. The van der Waals surface area contributed by atoms with E-state index in [1.165, 1.54) is 27.7 Å². The highest BCUT2D eigenvalue weighted by Crippen LogP contribution is 2.22. The standard InChI is InChI=1S/C36H62O19/c1-21(2)47-15-26(37)17-51-33(43)35(45,12-30(40)50-20-28(53-23(5)6)19-48-22(3)4)11-29(39)49-16-27(38)18-52-34(44)36(46,13-31(41)54-24(7)8)14-32(42)55-25(9)10/h21-28,37-38,45-46H,11-20H2,1-10H3. The minimum absolute atomic E-state index is 0.0599. The topological polar surface area (TPSA) is 266 Å². The van der Waals surface area contributed by atoms with Crippen LogP contribution >= 0.6 is 0 Å². The highest BCUT2D eigenvalue weighted by atomic mass is 16.6. The first kappa shape index (κ1) is 51.5. The summed E-state index contributed by atoms with van der Waals surface area (Å²) in [5, 5.41) is 42.6. The van der Waals surface area contributed by atoms with Gasteiger partial charge < -0.3 is 63.1 Å². The van der Waals surface area contributed by atoms with E-state index >= 15 is 0 Å². The fourth-order valence-corrected chi connectivity index (χ4v) is 4.28. The molecule has 19 heteroatoms. The predicted molar refractivity (Wildman–Crippen MR) is 189 cm³/mol. The number of aliphatic hydroxyl groups is 4. The fourth-order valence-electron chi connectivity index (χ4n) is 4.28. The first-order chi connectivity index (χ1) is 25.4. The molecule has 0 bridgehead atoms. The Morgan fingerprint density at radius 3 is 1.16 bits per heavy atom. The maximum absolute atomic E-state index is 13.0. The van der Waals surface area contributed by atoms with Crippen LogP contribution in [0.5, 0.6) is 0 Å². The molecule has 0 heterocycles. The van der Waals surface area contributed by atoms with Crippen LogP contribution in [0, 0.1) is 0 Å². The second-order valence-electron chi connectivity index (χ2n) is 14.3. The van der Waals surface area contributed by atoms with Crippen molar-refractivity contribution in [2.24, 2.45) is 0 Å². The molecular formula is C36H62O19. The van der Waals surface area contributed by atoms with E-state index in [-0.39, 0.29) is 38.1 Å². The van der Waals surface area contributed by atoms with E-state index in [0.29, 0.717) is 0 Å². The molecule has 0 aliphatic rings. The van der Waals surface area contributed by atoms with E-state index < -0.39 is 123 Å². The maximum Gasteiger partial charge on any atom is 0.339 e. The molecule has 0 spiro atoms. The summed E-state index contributed by atoms with van der Waals surface area (Å²) in [6.45, 7) is 13.6. The van der Waals surface area contributed by atoms with Crippen molar-refractivity contribution >= 4 is 35.8 Å². The molecule has 0 fully saturated rings. The summed E-state index contributed by atoms with van der Waals surface area (Å²) in [6, 6.07) is 0. The fraction of sp³-hybridized carbons (Fsp3) is 0.833. The van der Waals surface area contributed by atoms with Crippen molar-refractivity contribution in [3.05, 3.63) is 0 Å². The second kappa shape index (κ2) is 25.6. The predicted octanol–water partition coefficient (Wildman–Crippen LogP) is 0.450. The Labute approximate surface area is 322 Å². The number of rotatable bonds is 28. The van der Waals surface area contributed by atoms with Gasteiger partial charge in [-0.1, -0.05) is 0 Å². The monoisotopic (exact) mass is 798 g/mol. The van der Waals surface area contributed by atoms with Crippen LogP contribution in [0.3, 0.4) is 0 Å². The van der Waals surface area contributed by atoms with E-state index in [1.54, 1.807) is 41.5 Å². The smallest absolute Gasteiger partial charge is 0.339 e. The highest BCUT2D eigenvalue weighted by molar-refractivity contribution is 5.91. The molecule has 0 aliphatic heterocycles. The molecule has 0 aliphatic carbocycles. The molecule has 0 radical (unpaired) electrons. The summed E-state index contributed by atoms with van der Waals surface area (Å²) in [5.74, 6) is -7.49. The van der Waals surface area contributed by atoms with Crippen molar-refractivity contribution in [3.8, 4) is 0 Å². The van der Waals surface area contributed by atoms with E-state index in [0.717, 1.165) is 0 Å². The number of aliphatic hydroxyl groups excluding tert-OH is 2. The van der Waals surface area contributed by atoms with Gasteiger partial charge in [-0.15, -0.1) is 0 Å². The van der Waals surface area contributed by atoms with Gasteiger partial charge in [0, 0.05) is 0 Å². The number of ether oxygens (including phenoxy) is 9. The molecule has 0 rings (SSSR count). The molecule has 0 saturated carbocycles. The summed E-state index contributed by atoms with van der Waals surface area (Å²) < 4.78 is 46.4. The van der Waals surface area contributed by atoms with Crippen LogP contribution in [0.4, 0.5) is 0 Å². The Hall–Kier alpha value is -3.46. The largest absolute Gasteiger partial charge is 0.463 e. The van der Waals surface area contributed by atoms with Gasteiger partial charge in [-0.05, 0) is 69.2 Å². The van der Waals surface area contributed by atoms with Crippen molar-refractivity contribution < 1.29 is 91.8 Å². The number of carbonyl (C=O) groups excluding carboxylic acids is 6. The number of carbonyl (C=O) groups is 6. The lowest BCUT2D eigenvalue weighted by Crippen LogP contribution is -2.46. The summed E-state index contributed by atoms with van der Waals surface area (Å²) >= 11 is 0. The average molecular weight is 799 g/mol. The second-order valence-corrected chi connectivity index (χ2v) is 14.3. The number of hydrogen-bond acceptors (Lipinski definition) is 19. The van der Waals surface area contributed by atoms with Crippen LogP contribution in [0.25, 0.3) is 0 Å². The van der Waals surface area contributed by atoms with Crippen LogP contribution in [0.1, 0.15) is 94.9 Å². The zero-order valence-electron chi connectivity index (χ0n) is 33.6. The Balaban J connectivity index is 5.69. The molecule has 0 saturated heterocycles. The van der Waals surface area contributed by atoms with Gasteiger partial charge in [0.1, 0.15) is 44.7 Å². The minimum Gasteiger partial charge on any atom is -0.463 e. The molecule has 0 aromatic carbocycles. The van der Waals surface area contributed by atoms with Gasteiger partial charge in [0.05, 0.1) is 69.4 Å². The van der Waals surface area contributed by atoms with Gasteiger partial charge in [-0.25, -0.2) is 9.59 Å². The van der Waals surface area contributed by atoms with Crippen LogP contribution in [-0.4, -0.2) is 156 Å². The van der Waals surface area contributed by atoms with Gasteiger partial charge in [-0.3, -0.25) is 19.2 Å². The lowest BCUT2D eigenvalue weighted by atomic mass is 9.95. The van der Waals surface area contributed by atoms with Gasteiger partial charge in [0.25, 0.3) is 0 Å². The van der Waals surface area contributed by atoms with Crippen LogP contribution in [0.2, 0.25) is 0 Å². The van der Waals surface area contributed by atoms with E-state index in [2.05, 4.69) is 0 Å². The molecule has 0 amide bonds.